The fourth-order valence-electron chi connectivity index (χ4n) is 3.27. The second-order valence-corrected chi connectivity index (χ2v) is 5.92. The van der Waals surface area contributed by atoms with Gasteiger partial charge in [-0.05, 0) is 6.07 Å². The smallest absolute Gasteiger partial charge is 0.217 e. The van der Waals surface area contributed by atoms with E-state index in [1.807, 2.05) is 19.4 Å². The summed E-state index contributed by atoms with van der Waals surface area (Å²) >= 11 is 0. The molecule has 3 rings (SSSR count). The fourth-order valence-corrected chi connectivity index (χ4v) is 3.27. The Balaban J connectivity index is 1.85. The van der Waals surface area contributed by atoms with Crippen molar-refractivity contribution >= 4 is 0 Å². The molecule has 3 heterocycles. The van der Waals surface area contributed by atoms with Crippen LogP contribution in [0.3, 0.4) is 0 Å². The van der Waals surface area contributed by atoms with E-state index in [9.17, 15) is 0 Å². The number of aryl methyl sites for hydroxylation is 1. The Morgan fingerprint density at radius 3 is 3.08 bits per heavy atom. The van der Waals surface area contributed by atoms with Crippen LogP contribution >= 0.6 is 0 Å². The summed E-state index contributed by atoms with van der Waals surface area (Å²) in [5, 5.41) is 0. The third-order valence-corrected chi connectivity index (χ3v) is 4.38. The molecular formula is C18H24N4O2. The molecule has 0 saturated heterocycles. The summed E-state index contributed by atoms with van der Waals surface area (Å²) in [6.45, 7) is 6.59. The first kappa shape index (κ1) is 16.7. The maximum absolute atomic E-state index is 5.78. The predicted molar refractivity (Wildman–Crippen MR) is 91.9 cm³/mol. The van der Waals surface area contributed by atoms with Crippen LogP contribution in [-0.4, -0.2) is 46.3 Å². The maximum atomic E-state index is 5.78. The normalized spacial score (nSPS) is 17.5. The van der Waals surface area contributed by atoms with Gasteiger partial charge in [0.2, 0.25) is 5.88 Å². The molecule has 0 aromatic carbocycles. The van der Waals surface area contributed by atoms with Crippen LogP contribution in [-0.2, 0) is 24.8 Å². The van der Waals surface area contributed by atoms with Gasteiger partial charge in [0.1, 0.15) is 0 Å². The highest BCUT2D eigenvalue weighted by Gasteiger charge is 2.31. The van der Waals surface area contributed by atoms with Crippen LogP contribution < -0.4 is 4.74 Å². The van der Waals surface area contributed by atoms with Gasteiger partial charge in [-0.3, -0.25) is 4.90 Å². The molecule has 1 aliphatic heterocycles. The molecule has 6 heteroatoms. The topological polar surface area (TPSA) is 52.4 Å². The van der Waals surface area contributed by atoms with Crippen molar-refractivity contribution in [2.45, 2.75) is 19.0 Å². The minimum Gasteiger partial charge on any atom is -0.481 e. The Bertz CT molecular complexity index is 698. The number of aromatic nitrogens is 3. The van der Waals surface area contributed by atoms with Crippen LogP contribution in [0, 0.1) is 0 Å². The van der Waals surface area contributed by atoms with Crippen molar-refractivity contribution in [1.82, 2.24) is 19.4 Å². The molecule has 0 N–H and O–H groups in total. The van der Waals surface area contributed by atoms with E-state index in [-0.39, 0.29) is 6.04 Å². The molecule has 1 aliphatic rings. The van der Waals surface area contributed by atoms with Crippen molar-refractivity contribution < 1.29 is 9.47 Å². The van der Waals surface area contributed by atoms with Gasteiger partial charge in [0.15, 0.2) is 0 Å². The molecule has 0 unspecified atom stereocenters. The molecule has 0 aliphatic carbocycles. The van der Waals surface area contributed by atoms with E-state index in [1.165, 1.54) is 11.4 Å². The monoisotopic (exact) mass is 328 g/mol. The van der Waals surface area contributed by atoms with Gasteiger partial charge >= 0.3 is 0 Å². The van der Waals surface area contributed by atoms with Gasteiger partial charge < -0.3 is 14.0 Å². The number of imidazole rings is 1. The molecule has 1 atom stereocenters. The lowest BCUT2D eigenvalue weighted by Crippen LogP contribution is -2.38. The Kier molecular flexibility index (Phi) is 5.27. The summed E-state index contributed by atoms with van der Waals surface area (Å²) in [5.74, 6) is 0.680. The van der Waals surface area contributed by atoms with E-state index in [4.69, 9.17) is 9.47 Å². The molecule has 0 radical (unpaired) electrons. The van der Waals surface area contributed by atoms with Gasteiger partial charge in [0, 0.05) is 38.3 Å². The van der Waals surface area contributed by atoms with Crippen LogP contribution in [0.5, 0.6) is 5.88 Å². The minimum atomic E-state index is 0.158. The Morgan fingerprint density at radius 1 is 1.42 bits per heavy atom. The average Bonchev–Trinajstić information content (AvgIpc) is 2.98. The Morgan fingerprint density at radius 2 is 2.29 bits per heavy atom. The number of nitrogens with zero attached hydrogens (tertiary/aromatic N) is 4. The molecule has 0 bridgehead atoms. The molecule has 2 aromatic heterocycles. The standard InChI is InChI=1S/C18H24N4O2/c1-4-10-24-12-16-17-15(20-13-21(17)2)7-9-22(16)11-14-6-5-8-19-18(14)23-3/h4-6,8,13,16H,1,7,9-12H2,2-3H3/t16-/m1/s1. The number of fused-ring (bicyclic) bond motifs is 1. The highest BCUT2D eigenvalue weighted by molar-refractivity contribution is 5.27. The maximum Gasteiger partial charge on any atom is 0.217 e. The Labute approximate surface area is 142 Å². The molecule has 6 nitrogen and oxygen atoms in total. The largest absolute Gasteiger partial charge is 0.481 e. The third-order valence-electron chi connectivity index (χ3n) is 4.38. The van der Waals surface area contributed by atoms with Gasteiger partial charge in [-0.15, -0.1) is 6.58 Å². The fraction of sp³-hybridized carbons (Fsp3) is 0.444. The zero-order valence-corrected chi connectivity index (χ0v) is 14.3. The first-order chi connectivity index (χ1) is 11.7. The van der Waals surface area contributed by atoms with Crippen molar-refractivity contribution in [3.8, 4) is 5.88 Å². The second-order valence-electron chi connectivity index (χ2n) is 5.92. The molecule has 0 spiro atoms. The molecule has 128 valence electrons. The summed E-state index contributed by atoms with van der Waals surface area (Å²) in [5.41, 5.74) is 3.48. The molecule has 0 amide bonds. The molecular weight excluding hydrogens is 304 g/mol. The number of ether oxygens (including phenoxy) is 2. The zero-order chi connectivity index (χ0) is 16.9. The first-order valence-corrected chi connectivity index (χ1v) is 8.15. The second kappa shape index (κ2) is 7.59. The summed E-state index contributed by atoms with van der Waals surface area (Å²) in [6.07, 6.45) is 6.36. The van der Waals surface area contributed by atoms with E-state index in [2.05, 4.69) is 32.1 Å². The highest BCUT2D eigenvalue weighted by Crippen LogP contribution is 2.31. The van der Waals surface area contributed by atoms with E-state index in [1.54, 1.807) is 19.4 Å². The predicted octanol–water partition coefficient (Wildman–Crippen LogP) is 2.13. The lowest BCUT2D eigenvalue weighted by molar-refractivity contribution is 0.0581. The van der Waals surface area contributed by atoms with Crippen LogP contribution in [0.4, 0.5) is 0 Å². The van der Waals surface area contributed by atoms with Crippen molar-refractivity contribution in [1.29, 1.82) is 0 Å². The Hall–Kier alpha value is -2.18. The van der Waals surface area contributed by atoms with Crippen molar-refractivity contribution in [3.05, 3.63) is 54.3 Å². The number of pyridine rings is 1. The van der Waals surface area contributed by atoms with Crippen LogP contribution in [0.15, 0.2) is 37.3 Å². The summed E-state index contributed by atoms with van der Waals surface area (Å²) < 4.78 is 13.3. The molecule has 24 heavy (non-hydrogen) atoms. The lowest BCUT2D eigenvalue weighted by Gasteiger charge is -2.36. The molecule has 0 saturated carbocycles. The average molecular weight is 328 g/mol. The van der Waals surface area contributed by atoms with Crippen LogP contribution in [0.2, 0.25) is 0 Å². The summed E-state index contributed by atoms with van der Waals surface area (Å²) in [6, 6.07) is 4.17. The van der Waals surface area contributed by atoms with E-state index >= 15 is 0 Å². The SMILES string of the molecule is C=CCOC[C@@H]1c2c(ncn2C)CCN1Cc1cccnc1OC. The minimum absolute atomic E-state index is 0.158. The molecule has 2 aromatic rings. The number of hydrogen-bond donors (Lipinski definition) is 0. The third kappa shape index (κ3) is 3.34. The van der Waals surface area contributed by atoms with Crippen LogP contribution in [0.1, 0.15) is 23.0 Å². The summed E-state index contributed by atoms with van der Waals surface area (Å²) in [7, 11) is 3.70. The van der Waals surface area contributed by atoms with Crippen molar-refractivity contribution in [3.63, 3.8) is 0 Å². The first-order valence-electron chi connectivity index (χ1n) is 8.15. The van der Waals surface area contributed by atoms with Gasteiger partial charge in [0.05, 0.1) is 44.1 Å². The van der Waals surface area contributed by atoms with E-state index in [0.29, 0.717) is 19.1 Å². The van der Waals surface area contributed by atoms with E-state index < -0.39 is 0 Å². The van der Waals surface area contributed by atoms with Gasteiger partial charge in [0.25, 0.3) is 0 Å². The quantitative estimate of drug-likeness (QED) is 0.576. The number of methoxy groups -OCH3 is 1. The number of hydrogen-bond acceptors (Lipinski definition) is 5. The summed E-state index contributed by atoms with van der Waals surface area (Å²) in [4.78, 5) is 11.2. The lowest BCUT2D eigenvalue weighted by atomic mass is 10.0. The van der Waals surface area contributed by atoms with Gasteiger partial charge in [-0.1, -0.05) is 12.1 Å². The van der Waals surface area contributed by atoms with Gasteiger partial charge in [-0.2, -0.15) is 0 Å². The van der Waals surface area contributed by atoms with Gasteiger partial charge in [-0.25, -0.2) is 9.97 Å². The van der Waals surface area contributed by atoms with Crippen molar-refractivity contribution in [2.24, 2.45) is 7.05 Å². The zero-order valence-electron chi connectivity index (χ0n) is 14.3. The highest BCUT2D eigenvalue weighted by atomic mass is 16.5. The van der Waals surface area contributed by atoms with Crippen LogP contribution in [0.25, 0.3) is 0 Å². The van der Waals surface area contributed by atoms with Crippen molar-refractivity contribution in [2.75, 3.05) is 26.9 Å². The molecule has 0 fully saturated rings. The van der Waals surface area contributed by atoms with E-state index in [0.717, 1.165) is 25.1 Å². The number of rotatable bonds is 7.